The van der Waals surface area contributed by atoms with E-state index in [0.29, 0.717) is 12.1 Å². The van der Waals surface area contributed by atoms with Crippen LogP contribution >= 0.6 is 27.5 Å². The first-order chi connectivity index (χ1) is 16.5. The summed E-state index contributed by atoms with van der Waals surface area (Å²) in [5.74, 6) is 0.128. The number of benzene rings is 1. The van der Waals surface area contributed by atoms with Gasteiger partial charge in [0.05, 0.1) is 22.3 Å². The quantitative estimate of drug-likeness (QED) is 0.513. The number of pyridine rings is 1. The highest BCUT2D eigenvalue weighted by Gasteiger charge is 2.31. The maximum absolute atomic E-state index is 13.4. The number of halogens is 1. The number of likely N-dealkylation sites (tertiary alicyclic amines) is 1. The van der Waals surface area contributed by atoms with Gasteiger partial charge in [-0.25, -0.2) is 4.98 Å². The van der Waals surface area contributed by atoms with Gasteiger partial charge in [-0.15, -0.1) is 0 Å². The molecule has 2 amide bonds. The lowest BCUT2D eigenvalue weighted by atomic mass is 9.94. The smallest absolute Gasteiger partial charge is 0.257 e. The molecule has 1 N–H and O–H groups in total. The number of amides is 2. The molecule has 178 valence electrons. The standard InChI is InChI=1S/C25H28BrN5O2S/c1-16-21-22(20(15-28-24(21)34-29-16)25(33)31-9-2-3-10-31)30-11-7-18(8-12-30)23(32)27-14-17-5-4-6-19(26)13-17/h4-6,13,15,18H,2-3,7-12,14H2,1H3,(H,27,32). The van der Waals surface area contributed by atoms with Crippen LogP contribution in [0.15, 0.2) is 34.9 Å². The maximum atomic E-state index is 13.4. The summed E-state index contributed by atoms with van der Waals surface area (Å²) in [4.78, 5) is 35.9. The average Bonchev–Trinajstić information content (AvgIpc) is 3.52. The summed E-state index contributed by atoms with van der Waals surface area (Å²) >= 11 is 4.85. The van der Waals surface area contributed by atoms with E-state index in [0.717, 1.165) is 83.5 Å². The minimum atomic E-state index is -0.0276. The molecule has 2 aromatic heterocycles. The van der Waals surface area contributed by atoms with E-state index in [2.05, 4.69) is 35.5 Å². The van der Waals surface area contributed by atoms with Crippen LogP contribution in [0.3, 0.4) is 0 Å². The lowest BCUT2D eigenvalue weighted by Crippen LogP contribution is -2.41. The number of nitrogens with one attached hydrogen (secondary N) is 1. The molecular formula is C25H28BrN5O2S. The fourth-order valence-electron chi connectivity index (χ4n) is 4.96. The van der Waals surface area contributed by atoms with Gasteiger partial charge in [0.15, 0.2) is 0 Å². The van der Waals surface area contributed by atoms with Gasteiger partial charge in [0.25, 0.3) is 5.91 Å². The lowest BCUT2D eigenvalue weighted by Gasteiger charge is -2.34. The van der Waals surface area contributed by atoms with E-state index >= 15 is 0 Å². The zero-order valence-electron chi connectivity index (χ0n) is 19.2. The molecule has 2 aliphatic rings. The molecule has 34 heavy (non-hydrogen) atoms. The Bertz CT molecular complexity index is 1220. The number of anilines is 1. The number of aryl methyl sites for hydroxylation is 1. The van der Waals surface area contributed by atoms with Crippen molar-refractivity contribution in [1.29, 1.82) is 0 Å². The molecule has 5 rings (SSSR count). The molecule has 2 fully saturated rings. The molecule has 0 atom stereocenters. The molecule has 4 heterocycles. The van der Waals surface area contributed by atoms with Crippen LogP contribution < -0.4 is 10.2 Å². The lowest BCUT2D eigenvalue weighted by molar-refractivity contribution is -0.125. The van der Waals surface area contributed by atoms with E-state index in [9.17, 15) is 9.59 Å². The van der Waals surface area contributed by atoms with Gasteiger partial charge in [0.1, 0.15) is 4.83 Å². The molecular weight excluding hydrogens is 514 g/mol. The minimum absolute atomic E-state index is 0.0276. The van der Waals surface area contributed by atoms with Crippen LogP contribution in [0.1, 0.15) is 47.3 Å². The van der Waals surface area contributed by atoms with Crippen LogP contribution in [0.4, 0.5) is 5.69 Å². The van der Waals surface area contributed by atoms with Crippen molar-refractivity contribution in [3.05, 3.63) is 51.8 Å². The number of hydrogen-bond donors (Lipinski definition) is 1. The van der Waals surface area contributed by atoms with Gasteiger partial charge >= 0.3 is 0 Å². The van der Waals surface area contributed by atoms with Crippen molar-refractivity contribution in [1.82, 2.24) is 19.6 Å². The predicted octanol–water partition coefficient (Wildman–Crippen LogP) is 4.53. The SMILES string of the molecule is Cc1nsc2ncc(C(=O)N3CCCC3)c(N3CCC(C(=O)NCc4cccc(Br)c4)CC3)c12. The van der Waals surface area contributed by atoms with Gasteiger partial charge in [-0.3, -0.25) is 9.59 Å². The third kappa shape index (κ3) is 4.68. The van der Waals surface area contributed by atoms with Gasteiger partial charge in [-0.05, 0) is 61.8 Å². The van der Waals surface area contributed by atoms with Gasteiger partial charge in [-0.1, -0.05) is 28.1 Å². The summed E-state index contributed by atoms with van der Waals surface area (Å²) in [7, 11) is 0. The van der Waals surface area contributed by atoms with Gasteiger partial charge in [-0.2, -0.15) is 4.37 Å². The van der Waals surface area contributed by atoms with Gasteiger partial charge < -0.3 is 15.1 Å². The Morgan fingerprint density at radius 1 is 1.18 bits per heavy atom. The number of hydrogen-bond acceptors (Lipinski definition) is 6. The Labute approximate surface area is 211 Å². The second-order valence-corrected chi connectivity index (χ2v) is 10.7. The van der Waals surface area contributed by atoms with Crippen LogP contribution in [-0.2, 0) is 11.3 Å². The van der Waals surface area contributed by atoms with Crippen LogP contribution in [0.25, 0.3) is 10.2 Å². The Balaban J connectivity index is 1.32. The highest BCUT2D eigenvalue weighted by molar-refractivity contribution is 9.10. The van der Waals surface area contributed by atoms with Crippen molar-refractivity contribution in [2.75, 3.05) is 31.1 Å². The molecule has 0 bridgehead atoms. The first-order valence-electron chi connectivity index (χ1n) is 11.8. The summed E-state index contributed by atoms with van der Waals surface area (Å²) in [6.07, 6.45) is 5.34. The number of carbonyl (C=O) groups is 2. The van der Waals surface area contributed by atoms with Gasteiger partial charge in [0, 0.05) is 49.3 Å². The first-order valence-corrected chi connectivity index (χ1v) is 13.4. The van der Waals surface area contributed by atoms with Crippen LogP contribution in [0, 0.1) is 12.8 Å². The summed E-state index contributed by atoms with van der Waals surface area (Å²) in [5, 5.41) is 4.07. The fraction of sp³-hybridized carbons (Fsp3) is 0.440. The van der Waals surface area contributed by atoms with E-state index in [1.165, 1.54) is 11.5 Å². The topological polar surface area (TPSA) is 78.4 Å². The Hall–Kier alpha value is -2.52. The molecule has 1 aromatic carbocycles. The predicted molar refractivity (Wildman–Crippen MR) is 138 cm³/mol. The molecule has 2 saturated heterocycles. The van der Waals surface area contributed by atoms with E-state index in [1.54, 1.807) is 6.20 Å². The number of piperidine rings is 1. The third-order valence-electron chi connectivity index (χ3n) is 6.81. The minimum Gasteiger partial charge on any atom is -0.370 e. The summed E-state index contributed by atoms with van der Waals surface area (Å²) < 4.78 is 5.52. The van der Waals surface area contributed by atoms with Crippen LogP contribution in [-0.4, -0.2) is 52.3 Å². The normalized spacial score (nSPS) is 16.9. The molecule has 9 heteroatoms. The molecule has 0 saturated carbocycles. The average molecular weight is 543 g/mol. The van der Waals surface area contributed by atoms with Crippen molar-refractivity contribution in [3.63, 3.8) is 0 Å². The van der Waals surface area contributed by atoms with E-state index in [-0.39, 0.29) is 17.7 Å². The molecule has 0 aliphatic carbocycles. The number of fused-ring (bicyclic) bond motifs is 1. The Morgan fingerprint density at radius 2 is 1.94 bits per heavy atom. The van der Waals surface area contributed by atoms with Crippen molar-refractivity contribution in [3.8, 4) is 0 Å². The number of rotatable bonds is 5. The highest BCUT2D eigenvalue weighted by atomic mass is 79.9. The monoisotopic (exact) mass is 541 g/mol. The number of carbonyl (C=O) groups excluding carboxylic acids is 2. The molecule has 0 radical (unpaired) electrons. The van der Waals surface area contributed by atoms with E-state index < -0.39 is 0 Å². The van der Waals surface area contributed by atoms with Crippen LogP contribution in [0.2, 0.25) is 0 Å². The van der Waals surface area contributed by atoms with Crippen molar-refractivity contribution >= 4 is 55.2 Å². The van der Waals surface area contributed by atoms with Crippen molar-refractivity contribution in [2.24, 2.45) is 5.92 Å². The first kappa shape index (κ1) is 23.2. The number of aromatic nitrogens is 2. The molecule has 2 aliphatic heterocycles. The third-order valence-corrected chi connectivity index (χ3v) is 8.15. The maximum Gasteiger partial charge on any atom is 0.257 e. The second kappa shape index (κ2) is 10.00. The zero-order valence-corrected chi connectivity index (χ0v) is 21.6. The summed E-state index contributed by atoms with van der Waals surface area (Å²) in [6.45, 7) is 5.57. The van der Waals surface area contributed by atoms with Gasteiger partial charge in [0.2, 0.25) is 5.91 Å². The molecule has 0 spiro atoms. The highest BCUT2D eigenvalue weighted by Crippen LogP contribution is 2.37. The fourth-order valence-corrected chi connectivity index (χ4v) is 6.16. The zero-order chi connectivity index (χ0) is 23.7. The molecule has 0 unspecified atom stereocenters. The number of nitrogens with zero attached hydrogens (tertiary/aromatic N) is 4. The second-order valence-electron chi connectivity index (χ2n) is 9.08. The molecule has 3 aromatic rings. The Morgan fingerprint density at radius 3 is 2.68 bits per heavy atom. The Kier molecular flexibility index (Phi) is 6.83. The van der Waals surface area contributed by atoms with E-state index in [4.69, 9.17) is 0 Å². The molecule has 7 nitrogen and oxygen atoms in total. The summed E-state index contributed by atoms with van der Waals surface area (Å²) in [5.41, 5.74) is 3.59. The van der Waals surface area contributed by atoms with Crippen molar-refractivity contribution < 1.29 is 9.59 Å². The van der Waals surface area contributed by atoms with E-state index in [1.807, 2.05) is 36.1 Å². The van der Waals surface area contributed by atoms with Crippen LogP contribution in [0.5, 0.6) is 0 Å². The van der Waals surface area contributed by atoms with Crippen molar-refractivity contribution in [2.45, 2.75) is 39.2 Å². The summed E-state index contributed by atoms with van der Waals surface area (Å²) in [6, 6.07) is 7.98. The largest absolute Gasteiger partial charge is 0.370 e.